The third-order valence-electron chi connectivity index (χ3n) is 4.12. The molecule has 0 unspecified atom stereocenters. The second-order valence-electron chi connectivity index (χ2n) is 6.49. The fourth-order valence-electron chi connectivity index (χ4n) is 2.95. The molecule has 0 bridgehead atoms. The van der Waals surface area contributed by atoms with Crippen molar-refractivity contribution in [2.75, 3.05) is 5.32 Å². The summed E-state index contributed by atoms with van der Waals surface area (Å²) in [6.45, 7) is 4.04. The van der Waals surface area contributed by atoms with Crippen molar-refractivity contribution in [1.29, 1.82) is 0 Å². The first-order chi connectivity index (χ1) is 12.7. The second kappa shape index (κ2) is 6.92. The first-order valence-corrected chi connectivity index (χ1v) is 8.76. The van der Waals surface area contributed by atoms with Gasteiger partial charge in [0.15, 0.2) is 0 Å². The molecular weight excluding hydrogens is 322 g/mol. The van der Waals surface area contributed by atoms with Crippen LogP contribution in [0.1, 0.15) is 13.8 Å². The molecule has 4 rings (SSSR count). The molecule has 4 aromatic rings. The van der Waals surface area contributed by atoms with Gasteiger partial charge in [0, 0.05) is 23.0 Å². The van der Waals surface area contributed by atoms with Crippen LogP contribution in [0.3, 0.4) is 0 Å². The zero-order chi connectivity index (χ0) is 17.9. The molecule has 0 saturated heterocycles. The topological polar surface area (TPSA) is 49.9 Å². The van der Waals surface area contributed by atoms with Crippen molar-refractivity contribution in [1.82, 2.24) is 9.97 Å². The molecule has 0 aliphatic carbocycles. The van der Waals surface area contributed by atoms with Gasteiger partial charge in [-0.1, -0.05) is 30.3 Å². The van der Waals surface area contributed by atoms with Crippen LogP contribution in [0.2, 0.25) is 0 Å². The quantitative estimate of drug-likeness (QED) is 0.484. The van der Waals surface area contributed by atoms with Crippen molar-refractivity contribution in [2.24, 2.45) is 0 Å². The summed E-state index contributed by atoms with van der Waals surface area (Å²) in [6.07, 6.45) is 1.98. The first kappa shape index (κ1) is 16.2. The van der Waals surface area contributed by atoms with E-state index in [2.05, 4.69) is 33.5 Å². The van der Waals surface area contributed by atoms with Crippen LogP contribution in [0.4, 0.5) is 11.5 Å². The predicted octanol–water partition coefficient (Wildman–Crippen LogP) is 5.76. The van der Waals surface area contributed by atoms with Crippen molar-refractivity contribution in [2.45, 2.75) is 20.0 Å². The van der Waals surface area contributed by atoms with Gasteiger partial charge in [-0.3, -0.25) is 0 Å². The molecule has 0 aliphatic rings. The summed E-state index contributed by atoms with van der Waals surface area (Å²) >= 11 is 0. The Morgan fingerprint density at radius 1 is 0.962 bits per heavy atom. The summed E-state index contributed by atoms with van der Waals surface area (Å²) < 4.78 is 5.69. The molecule has 2 aromatic heterocycles. The summed E-state index contributed by atoms with van der Waals surface area (Å²) in [5, 5.41) is 4.47. The third kappa shape index (κ3) is 3.40. The number of hydrogen-bond acceptors (Lipinski definition) is 3. The molecular formula is C22H21N3O. The largest absolute Gasteiger partial charge is 0.491 e. The molecule has 2 heterocycles. The van der Waals surface area contributed by atoms with Crippen LogP contribution in [0.5, 0.6) is 5.75 Å². The number of anilines is 2. The standard InChI is InChI=1S/C22H21N3O/c1-15(2)26-18-10-8-17(9-11-18)24-22-19-14-21(16-6-4-3-5-7-16)25-20(19)12-13-23-22/h3-15,25H,1-2H3,(H,23,24). The highest BCUT2D eigenvalue weighted by Gasteiger charge is 2.08. The summed E-state index contributed by atoms with van der Waals surface area (Å²) in [5.41, 5.74) is 4.27. The molecule has 4 heteroatoms. The van der Waals surface area contributed by atoms with Gasteiger partial charge in [-0.05, 0) is 55.8 Å². The van der Waals surface area contributed by atoms with Crippen LogP contribution >= 0.6 is 0 Å². The summed E-state index contributed by atoms with van der Waals surface area (Å²) in [6, 6.07) is 22.4. The summed E-state index contributed by atoms with van der Waals surface area (Å²) in [4.78, 5) is 7.99. The van der Waals surface area contributed by atoms with Crippen molar-refractivity contribution in [3.63, 3.8) is 0 Å². The average molecular weight is 343 g/mol. The molecule has 0 atom stereocenters. The number of aromatic amines is 1. The molecule has 0 fully saturated rings. The summed E-state index contributed by atoms with van der Waals surface area (Å²) in [7, 11) is 0. The Balaban J connectivity index is 1.63. The lowest BCUT2D eigenvalue weighted by molar-refractivity contribution is 0.242. The molecule has 0 spiro atoms. The number of fused-ring (bicyclic) bond motifs is 1. The van der Waals surface area contributed by atoms with Crippen molar-refractivity contribution in [3.8, 4) is 17.0 Å². The number of H-pyrrole nitrogens is 1. The number of hydrogen-bond donors (Lipinski definition) is 2. The van der Waals surface area contributed by atoms with Gasteiger partial charge in [-0.15, -0.1) is 0 Å². The zero-order valence-corrected chi connectivity index (χ0v) is 14.9. The molecule has 0 amide bonds. The Hall–Kier alpha value is -3.27. The van der Waals surface area contributed by atoms with E-state index in [1.807, 2.05) is 68.6 Å². The second-order valence-corrected chi connectivity index (χ2v) is 6.49. The average Bonchev–Trinajstić information content (AvgIpc) is 3.09. The van der Waals surface area contributed by atoms with E-state index in [0.29, 0.717) is 0 Å². The van der Waals surface area contributed by atoms with E-state index < -0.39 is 0 Å². The maximum absolute atomic E-state index is 5.69. The van der Waals surface area contributed by atoms with Crippen LogP contribution in [-0.2, 0) is 0 Å². The summed E-state index contributed by atoms with van der Waals surface area (Å²) in [5.74, 6) is 1.70. The van der Waals surface area contributed by atoms with Gasteiger partial charge in [0.25, 0.3) is 0 Å². The lowest BCUT2D eigenvalue weighted by atomic mass is 10.1. The minimum atomic E-state index is 0.167. The van der Waals surface area contributed by atoms with Crippen LogP contribution in [0, 0.1) is 0 Å². The number of nitrogens with zero attached hydrogens (tertiary/aromatic N) is 1. The van der Waals surface area contributed by atoms with Crippen molar-refractivity contribution >= 4 is 22.4 Å². The Labute approximate surface area is 152 Å². The van der Waals surface area contributed by atoms with Gasteiger partial charge >= 0.3 is 0 Å². The van der Waals surface area contributed by atoms with E-state index in [0.717, 1.165) is 39.4 Å². The van der Waals surface area contributed by atoms with Gasteiger partial charge in [0.05, 0.1) is 11.6 Å². The molecule has 2 aromatic carbocycles. The van der Waals surface area contributed by atoms with Gasteiger partial charge < -0.3 is 15.0 Å². The van der Waals surface area contributed by atoms with E-state index in [-0.39, 0.29) is 6.10 Å². The number of pyridine rings is 1. The van der Waals surface area contributed by atoms with Gasteiger partial charge in [-0.2, -0.15) is 0 Å². The lowest BCUT2D eigenvalue weighted by Crippen LogP contribution is -2.05. The van der Waals surface area contributed by atoms with Crippen LogP contribution in [0.15, 0.2) is 72.9 Å². The molecule has 0 radical (unpaired) electrons. The number of aromatic nitrogens is 2. The SMILES string of the molecule is CC(C)Oc1ccc(Nc2nccc3[nH]c(-c4ccccc4)cc23)cc1. The monoisotopic (exact) mass is 343 g/mol. The maximum atomic E-state index is 5.69. The maximum Gasteiger partial charge on any atom is 0.139 e. The highest BCUT2D eigenvalue weighted by Crippen LogP contribution is 2.29. The highest BCUT2D eigenvalue weighted by atomic mass is 16.5. The van der Waals surface area contributed by atoms with Gasteiger partial charge in [0.2, 0.25) is 0 Å². The highest BCUT2D eigenvalue weighted by molar-refractivity contribution is 5.95. The van der Waals surface area contributed by atoms with E-state index in [1.54, 1.807) is 0 Å². The fraction of sp³-hybridized carbons (Fsp3) is 0.136. The fourth-order valence-corrected chi connectivity index (χ4v) is 2.95. The minimum absolute atomic E-state index is 0.167. The van der Waals surface area contributed by atoms with Crippen LogP contribution < -0.4 is 10.1 Å². The van der Waals surface area contributed by atoms with Crippen LogP contribution in [-0.4, -0.2) is 16.1 Å². The normalized spacial score (nSPS) is 11.0. The molecule has 26 heavy (non-hydrogen) atoms. The Morgan fingerprint density at radius 2 is 1.73 bits per heavy atom. The van der Waals surface area contributed by atoms with E-state index in [9.17, 15) is 0 Å². The Morgan fingerprint density at radius 3 is 2.46 bits per heavy atom. The number of benzene rings is 2. The molecule has 4 nitrogen and oxygen atoms in total. The lowest BCUT2D eigenvalue weighted by Gasteiger charge is -2.11. The van der Waals surface area contributed by atoms with E-state index in [4.69, 9.17) is 4.74 Å². The van der Waals surface area contributed by atoms with Crippen LogP contribution in [0.25, 0.3) is 22.2 Å². The van der Waals surface area contributed by atoms with Gasteiger partial charge in [0.1, 0.15) is 11.6 Å². The molecule has 2 N–H and O–H groups in total. The minimum Gasteiger partial charge on any atom is -0.491 e. The number of rotatable bonds is 5. The zero-order valence-electron chi connectivity index (χ0n) is 14.9. The third-order valence-corrected chi connectivity index (χ3v) is 4.12. The number of nitrogens with one attached hydrogen (secondary N) is 2. The Bertz CT molecular complexity index is 1000. The smallest absolute Gasteiger partial charge is 0.139 e. The van der Waals surface area contributed by atoms with Crippen molar-refractivity contribution in [3.05, 3.63) is 72.9 Å². The van der Waals surface area contributed by atoms with Crippen molar-refractivity contribution < 1.29 is 4.74 Å². The molecule has 0 aliphatic heterocycles. The predicted molar refractivity (Wildman–Crippen MR) is 107 cm³/mol. The molecule has 0 saturated carbocycles. The molecule has 130 valence electrons. The first-order valence-electron chi connectivity index (χ1n) is 8.76. The van der Waals surface area contributed by atoms with E-state index >= 15 is 0 Å². The Kier molecular flexibility index (Phi) is 4.32. The van der Waals surface area contributed by atoms with E-state index in [1.165, 1.54) is 0 Å². The number of ether oxygens (including phenoxy) is 1. The van der Waals surface area contributed by atoms with Gasteiger partial charge in [-0.25, -0.2) is 4.98 Å².